The Labute approximate surface area is 99.9 Å². The Morgan fingerprint density at radius 3 is 2.81 bits per heavy atom. The van der Waals surface area contributed by atoms with Gasteiger partial charge in [0, 0.05) is 17.0 Å². The molecule has 1 aliphatic rings. The van der Waals surface area contributed by atoms with Crippen LogP contribution < -0.4 is 4.74 Å². The van der Waals surface area contributed by atoms with Gasteiger partial charge in [0.1, 0.15) is 5.75 Å². The van der Waals surface area contributed by atoms with Gasteiger partial charge in [-0.1, -0.05) is 11.6 Å². The first kappa shape index (κ1) is 11.2. The van der Waals surface area contributed by atoms with Gasteiger partial charge in [0.2, 0.25) is 0 Å². The van der Waals surface area contributed by atoms with Gasteiger partial charge in [0.05, 0.1) is 7.11 Å². The molecule has 0 atom stereocenters. The van der Waals surface area contributed by atoms with Crippen molar-refractivity contribution in [1.29, 1.82) is 0 Å². The number of halogens is 1. The molecule has 1 aromatic rings. The molecule has 0 fully saturated rings. The van der Waals surface area contributed by atoms with Crippen molar-refractivity contribution in [3.63, 3.8) is 0 Å². The lowest BCUT2D eigenvalue weighted by atomic mass is 9.92. The lowest BCUT2D eigenvalue weighted by Gasteiger charge is -2.15. The van der Waals surface area contributed by atoms with Crippen molar-refractivity contribution >= 4 is 23.0 Å². The second-order valence-corrected chi connectivity index (χ2v) is 4.27. The average Bonchev–Trinajstić information content (AvgIpc) is 2.29. The average molecular weight is 237 g/mol. The third kappa shape index (κ3) is 2.27. The van der Waals surface area contributed by atoms with Crippen LogP contribution in [0.4, 0.5) is 0 Å². The summed E-state index contributed by atoms with van der Waals surface area (Å²) in [5.74, 6) is 0.952. The summed E-state index contributed by atoms with van der Waals surface area (Å²) < 4.78 is 5.28. The molecular formula is C13H13ClO2. The van der Waals surface area contributed by atoms with Gasteiger partial charge in [-0.3, -0.25) is 4.79 Å². The van der Waals surface area contributed by atoms with Gasteiger partial charge in [-0.15, -0.1) is 0 Å². The van der Waals surface area contributed by atoms with Crippen molar-refractivity contribution in [2.75, 3.05) is 7.11 Å². The molecule has 2 nitrogen and oxygen atoms in total. The molecule has 0 heterocycles. The van der Waals surface area contributed by atoms with E-state index in [4.69, 9.17) is 16.3 Å². The molecule has 2 rings (SSSR count). The first-order valence-electron chi connectivity index (χ1n) is 5.28. The number of allylic oxidation sites excluding steroid dienone is 2. The number of carbonyl (C=O) groups is 1. The molecule has 0 aliphatic heterocycles. The van der Waals surface area contributed by atoms with Crippen LogP contribution >= 0.6 is 11.6 Å². The third-order valence-electron chi connectivity index (χ3n) is 2.71. The van der Waals surface area contributed by atoms with Gasteiger partial charge in [0.15, 0.2) is 5.78 Å². The summed E-state index contributed by atoms with van der Waals surface area (Å²) in [5, 5.41) is 0.662. The molecule has 0 saturated heterocycles. The lowest BCUT2D eigenvalue weighted by Crippen LogP contribution is -2.03. The zero-order chi connectivity index (χ0) is 11.5. The van der Waals surface area contributed by atoms with E-state index in [1.165, 1.54) is 0 Å². The Kier molecular flexibility index (Phi) is 3.30. The predicted molar refractivity (Wildman–Crippen MR) is 64.8 cm³/mol. The van der Waals surface area contributed by atoms with Crippen LogP contribution in [0.25, 0.3) is 5.57 Å². The second-order valence-electron chi connectivity index (χ2n) is 3.83. The van der Waals surface area contributed by atoms with Crippen molar-refractivity contribution in [3.05, 3.63) is 34.9 Å². The van der Waals surface area contributed by atoms with Crippen LogP contribution in [0.3, 0.4) is 0 Å². The molecule has 16 heavy (non-hydrogen) atoms. The number of benzene rings is 1. The van der Waals surface area contributed by atoms with Crippen molar-refractivity contribution in [3.8, 4) is 5.75 Å². The van der Waals surface area contributed by atoms with E-state index < -0.39 is 0 Å². The molecule has 0 amide bonds. The molecule has 84 valence electrons. The first-order valence-corrected chi connectivity index (χ1v) is 5.66. The van der Waals surface area contributed by atoms with Crippen LogP contribution in [0.5, 0.6) is 5.75 Å². The van der Waals surface area contributed by atoms with Gasteiger partial charge >= 0.3 is 0 Å². The van der Waals surface area contributed by atoms with Gasteiger partial charge in [-0.05, 0) is 42.7 Å². The van der Waals surface area contributed by atoms with Gasteiger partial charge in [-0.25, -0.2) is 0 Å². The molecule has 0 bridgehead atoms. The molecule has 1 aromatic carbocycles. The summed E-state index contributed by atoms with van der Waals surface area (Å²) in [6, 6.07) is 5.47. The normalized spacial score (nSPS) is 15.9. The number of hydrogen-bond acceptors (Lipinski definition) is 2. The van der Waals surface area contributed by atoms with Crippen molar-refractivity contribution < 1.29 is 9.53 Å². The quantitative estimate of drug-likeness (QED) is 0.786. The lowest BCUT2D eigenvalue weighted by molar-refractivity contribution is -0.114. The maximum absolute atomic E-state index is 11.4. The molecule has 0 N–H and O–H groups in total. The standard InChI is InChI=1S/C13H13ClO2/c1-16-13-6-5-10(14)8-12(13)9-3-2-4-11(15)7-9/h5-8H,2-4H2,1H3. The zero-order valence-electron chi connectivity index (χ0n) is 9.13. The Balaban J connectivity index is 2.45. The Morgan fingerprint density at radius 2 is 2.12 bits per heavy atom. The Morgan fingerprint density at radius 1 is 1.31 bits per heavy atom. The largest absolute Gasteiger partial charge is 0.496 e. The number of rotatable bonds is 2. The fourth-order valence-corrected chi connectivity index (χ4v) is 2.11. The van der Waals surface area contributed by atoms with Crippen LogP contribution in [0, 0.1) is 0 Å². The minimum Gasteiger partial charge on any atom is -0.496 e. The SMILES string of the molecule is COc1ccc(Cl)cc1C1=CC(=O)CCC1. The van der Waals surface area contributed by atoms with Crippen LogP contribution in [-0.4, -0.2) is 12.9 Å². The number of hydrogen-bond donors (Lipinski definition) is 0. The number of ketones is 1. The van der Waals surface area contributed by atoms with Crippen molar-refractivity contribution in [1.82, 2.24) is 0 Å². The van der Waals surface area contributed by atoms with E-state index in [1.807, 2.05) is 12.1 Å². The fourth-order valence-electron chi connectivity index (χ4n) is 1.94. The first-order chi connectivity index (χ1) is 7.70. The monoisotopic (exact) mass is 236 g/mol. The second kappa shape index (κ2) is 4.71. The summed E-state index contributed by atoms with van der Waals surface area (Å²) in [6.45, 7) is 0. The highest BCUT2D eigenvalue weighted by molar-refractivity contribution is 6.30. The summed E-state index contributed by atoms with van der Waals surface area (Å²) in [7, 11) is 1.62. The van der Waals surface area contributed by atoms with Crippen molar-refractivity contribution in [2.24, 2.45) is 0 Å². The highest BCUT2D eigenvalue weighted by Gasteiger charge is 2.15. The van der Waals surface area contributed by atoms with E-state index in [0.717, 1.165) is 29.7 Å². The Hall–Kier alpha value is -1.28. The van der Waals surface area contributed by atoms with E-state index in [2.05, 4.69) is 0 Å². The van der Waals surface area contributed by atoms with E-state index in [9.17, 15) is 4.79 Å². The van der Waals surface area contributed by atoms with E-state index >= 15 is 0 Å². The number of methoxy groups -OCH3 is 1. The summed E-state index contributed by atoms with van der Waals surface area (Å²) in [5.41, 5.74) is 1.96. The van der Waals surface area contributed by atoms with Gasteiger partial charge < -0.3 is 4.74 Å². The summed E-state index contributed by atoms with van der Waals surface area (Å²) in [4.78, 5) is 11.4. The Bertz CT molecular complexity index is 449. The smallest absolute Gasteiger partial charge is 0.155 e. The maximum Gasteiger partial charge on any atom is 0.155 e. The molecule has 1 aliphatic carbocycles. The van der Waals surface area contributed by atoms with Crippen LogP contribution in [0.1, 0.15) is 24.8 Å². The summed E-state index contributed by atoms with van der Waals surface area (Å²) >= 11 is 5.96. The predicted octanol–water partition coefficient (Wildman–Crippen LogP) is 3.49. The maximum atomic E-state index is 11.4. The third-order valence-corrected chi connectivity index (χ3v) is 2.95. The number of carbonyl (C=O) groups excluding carboxylic acids is 1. The topological polar surface area (TPSA) is 26.3 Å². The number of ether oxygens (including phenoxy) is 1. The summed E-state index contributed by atoms with van der Waals surface area (Å²) in [6.07, 6.45) is 4.16. The minimum atomic E-state index is 0.184. The highest BCUT2D eigenvalue weighted by Crippen LogP contribution is 2.33. The van der Waals surface area contributed by atoms with Crippen LogP contribution in [-0.2, 0) is 4.79 Å². The molecule has 0 saturated carbocycles. The van der Waals surface area contributed by atoms with Gasteiger partial charge in [-0.2, -0.15) is 0 Å². The fraction of sp³-hybridized carbons (Fsp3) is 0.308. The molecule has 0 spiro atoms. The van der Waals surface area contributed by atoms with Gasteiger partial charge in [0.25, 0.3) is 0 Å². The zero-order valence-corrected chi connectivity index (χ0v) is 9.88. The van der Waals surface area contributed by atoms with E-state index in [-0.39, 0.29) is 5.78 Å². The van der Waals surface area contributed by atoms with Crippen molar-refractivity contribution in [2.45, 2.75) is 19.3 Å². The van der Waals surface area contributed by atoms with Crippen LogP contribution in [0.15, 0.2) is 24.3 Å². The molecular weight excluding hydrogens is 224 g/mol. The molecule has 3 heteroatoms. The van der Waals surface area contributed by atoms with E-state index in [0.29, 0.717) is 11.4 Å². The molecule has 0 unspecified atom stereocenters. The molecule has 0 aromatic heterocycles. The van der Waals surface area contributed by atoms with E-state index in [1.54, 1.807) is 19.3 Å². The molecule has 0 radical (unpaired) electrons. The highest BCUT2D eigenvalue weighted by atomic mass is 35.5. The minimum absolute atomic E-state index is 0.184. The van der Waals surface area contributed by atoms with Crippen LogP contribution in [0.2, 0.25) is 5.02 Å².